The minimum atomic E-state index is -4.91. The van der Waals surface area contributed by atoms with Crippen LogP contribution in [0.1, 0.15) is 5.56 Å². The second-order valence-corrected chi connectivity index (χ2v) is 3.30. The van der Waals surface area contributed by atoms with E-state index in [0.29, 0.717) is 0 Å². The molecular formula is C8H4BrF3N2O2. The highest BCUT2D eigenvalue weighted by atomic mass is 79.9. The largest absolute Gasteiger partial charge is 0.573 e. The molecule has 0 unspecified atom stereocenters. The molecular weight excluding hydrogens is 293 g/mol. The van der Waals surface area contributed by atoms with Gasteiger partial charge in [0.25, 0.3) is 5.88 Å². The molecule has 16 heavy (non-hydrogen) atoms. The molecule has 0 saturated heterocycles. The standard InChI is InChI=1S/C8H4BrF3N2O2/c1-15-7-6(16-8(10,11)12)4(3-13)2-5(9)14-7/h2H,1H3. The SMILES string of the molecule is COc1nc(Br)cc(C#N)c1OC(F)(F)F. The van der Waals surface area contributed by atoms with Gasteiger partial charge >= 0.3 is 6.36 Å². The highest BCUT2D eigenvalue weighted by molar-refractivity contribution is 9.10. The molecule has 8 heteroatoms. The predicted octanol–water partition coefficient (Wildman–Crippen LogP) is 2.62. The van der Waals surface area contributed by atoms with Crippen LogP contribution in [-0.2, 0) is 0 Å². The van der Waals surface area contributed by atoms with Gasteiger partial charge in [-0.15, -0.1) is 13.2 Å². The number of nitriles is 1. The van der Waals surface area contributed by atoms with Gasteiger partial charge in [-0.3, -0.25) is 0 Å². The average Bonchev–Trinajstić information content (AvgIpc) is 2.18. The minimum Gasteiger partial charge on any atom is -0.478 e. The van der Waals surface area contributed by atoms with Crippen molar-refractivity contribution in [3.8, 4) is 17.7 Å². The minimum absolute atomic E-state index is 0.176. The Balaban J connectivity index is 3.29. The van der Waals surface area contributed by atoms with Crippen LogP contribution in [-0.4, -0.2) is 18.5 Å². The topological polar surface area (TPSA) is 55.1 Å². The fourth-order valence-corrected chi connectivity index (χ4v) is 1.31. The fraction of sp³-hybridized carbons (Fsp3) is 0.250. The lowest BCUT2D eigenvalue weighted by Gasteiger charge is -2.12. The smallest absolute Gasteiger partial charge is 0.478 e. The lowest BCUT2D eigenvalue weighted by Crippen LogP contribution is -2.18. The third-order valence-electron chi connectivity index (χ3n) is 1.44. The van der Waals surface area contributed by atoms with Crippen molar-refractivity contribution in [3.63, 3.8) is 0 Å². The number of hydrogen-bond donors (Lipinski definition) is 0. The molecule has 0 N–H and O–H groups in total. The van der Waals surface area contributed by atoms with E-state index in [2.05, 4.69) is 30.4 Å². The molecule has 0 aromatic carbocycles. The van der Waals surface area contributed by atoms with Gasteiger partial charge < -0.3 is 9.47 Å². The summed E-state index contributed by atoms with van der Waals surface area (Å²) in [5.74, 6) is -1.16. The monoisotopic (exact) mass is 296 g/mol. The zero-order valence-electron chi connectivity index (χ0n) is 7.80. The van der Waals surface area contributed by atoms with E-state index >= 15 is 0 Å². The third kappa shape index (κ3) is 3.00. The van der Waals surface area contributed by atoms with Gasteiger partial charge in [-0.25, -0.2) is 4.98 Å². The van der Waals surface area contributed by atoms with Gasteiger partial charge in [0.1, 0.15) is 16.2 Å². The van der Waals surface area contributed by atoms with E-state index in [9.17, 15) is 13.2 Å². The summed E-state index contributed by atoms with van der Waals surface area (Å²) in [6.45, 7) is 0. The Morgan fingerprint density at radius 3 is 2.56 bits per heavy atom. The van der Waals surface area contributed by atoms with Crippen LogP contribution in [0.25, 0.3) is 0 Å². The first-order chi connectivity index (χ1) is 7.37. The summed E-state index contributed by atoms with van der Waals surface area (Å²) in [4.78, 5) is 3.60. The highest BCUT2D eigenvalue weighted by Gasteiger charge is 2.34. The van der Waals surface area contributed by atoms with Crippen LogP contribution < -0.4 is 9.47 Å². The Morgan fingerprint density at radius 2 is 2.12 bits per heavy atom. The molecule has 4 nitrogen and oxygen atoms in total. The number of halogens is 4. The summed E-state index contributed by atoms with van der Waals surface area (Å²) < 4.78 is 44.6. The number of nitrogens with zero attached hydrogens (tertiary/aromatic N) is 2. The molecule has 1 heterocycles. The van der Waals surface area contributed by atoms with Crippen molar-refractivity contribution in [2.75, 3.05) is 7.11 Å². The second-order valence-electron chi connectivity index (χ2n) is 2.49. The van der Waals surface area contributed by atoms with Gasteiger partial charge in [0.15, 0.2) is 0 Å². The normalized spacial score (nSPS) is 10.8. The molecule has 0 aliphatic rings. The first-order valence-electron chi connectivity index (χ1n) is 3.77. The number of rotatable bonds is 2. The van der Waals surface area contributed by atoms with Gasteiger partial charge in [0.2, 0.25) is 5.75 Å². The number of methoxy groups -OCH3 is 1. The van der Waals surface area contributed by atoms with Crippen LogP contribution in [0.2, 0.25) is 0 Å². The molecule has 1 aromatic heterocycles. The van der Waals surface area contributed by atoms with Crippen molar-refractivity contribution in [1.82, 2.24) is 4.98 Å². The number of ether oxygens (including phenoxy) is 2. The fourth-order valence-electron chi connectivity index (χ4n) is 0.916. The van der Waals surface area contributed by atoms with Gasteiger partial charge in [0, 0.05) is 0 Å². The quantitative estimate of drug-likeness (QED) is 0.787. The van der Waals surface area contributed by atoms with Gasteiger partial charge in [-0.05, 0) is 22.0 Å². The molecule has 0 spiro atoms. The van der Waals surface area contributed by atoms with E-state index in [-0.39, 0.29) is 10.2 Å². The molecule has 1 rings (SSSR count). The van der Waals surface area contributed by atoms with Crippen molar-refractivity contribution in [2.24, 2.45) is 0 Å². The van der Waals surface area contributed by atoms with E-state index in [1.165, 1.54) is 0 Å². The molecule has 0 fully saturated rings. The van der Waals surface area contributed by atoms with E-state index in [1.54, 1.807) is 6.07 Å². The Kier molecular flexibility index (Phi) is 3.59. The van der Waals surface area contributed by atoms with Crippen molar-refractivity contribution < 1.29 is 22.6 Å². The van der Waals surface area contributed by atoms with Crippen LogP contribution in [0.4, 0.5) is 13.2 Å². The Morgan fingerprint density at radius 1 is 1.50 bits per heavy atom. The van der Waals surface area contributed by atoms with Gasteiger partial charge in [0.05, 0.1) is 7.11 Å². The summed E-state index contributed by atoms with van der Waals surface area (Å²) in [6.07, 6.45) is -4.91. The zero-order valence-corrected chi connectivity index (χ0v) is 9.39. The Labute approximate surface area is 96.7 Å². The summed E-state index contributed by atoms with van der Waals surface area (Å²) in [5, 5.41) is 8.66. The Hall–Kier alpha value is -1.49. The molecule has 0 saturated carbocycles. The Bertz CT molecular complexity index is 442. The summed E-state index contributed by atoms with van der Waals surface area (Å²) >= 11 is 2.93. The molecule has 0 bridgehead atoms. The maximum atomic E-state index is 12.0. The molecule has 0 aliphatic carbocycles. The first-order valence-corrected chi connectivity index (χ1v) is 4.57. The average molecular weight is 297 g/mol. The van der Waals surface area contributed by atoms with Crippen LogP contribution in [0.3, 0.4) is 0 Å². The number of alkyl halides is 3. The van der Waals surface area contributed by atoms with E-state index in [1.807, 2.05) is 0 Å². The molecule has 0 amide bonds. The zero-order chi connectivity index (χ0) is 12.3. The summed E-state index contributed by atoms with van der Waals surface area (Å²) in [6, 6.07) is 2.66. The molecule has 86 valence electrons. The van der Waals surface area contributed by atoms with Gasteiger partial charge in [-0.2, -0.15) is 5.26 Å². The maximum absolute atomic E-state index is 12.0. The summed E-state index contributed by atoms with van der Waals surface area (Å²) in [7, 11) is 1.12. The van der Waals surface area contributed by atoms with Crippen LogP contribution >= 0.6 is 15.9 Å². The van der Waals surface area contributed by atoms with Crippen molar-refractivity contribution in [1.29, 1.82) is 5.26 Å². The lowest BCUT2D eigenvalue weighted by atomic mass is 10.2. The maximum Gasteiger partial charge on any atom is 0.573 e. The number of pyridine rings is 1. The summed E-state index contributed by atoms with van der Waals surface area (Å²) in [5.41, 5.74) is -0.323. The molecule has 0 atom stereocenters. The molecule has 0 radical (unpaired) electrons. The second kappa shape index (κ2) is 4.57. The van der Waals surface area contributed by atoms with Crippen LogP contribution in [0.5, 0.6) is 11.6 Å². The van der Waals surface area contributed by atoms with Gasteiger partial charge in [-0.1, -0.05) is 0 Å². The van der Waals surface area contributed by atoms with Crippen molar-refractivity contribution >= 4 is 15.9 Å². The van der Waals surface area contributed by atoms with E-state index in [4.69, 9.17) is 5.26 Å². The van der Waals surface area contributed by atoms with E-state index in [0.717, 1.165) is 13.2 Å². The predicted molar refractivity (Wildman–Crippen MR) is 49.9 cm³/mol. The molecule has 1 aromatic rings. The van der Waals surface area contributed by atoms with Crippen molar-refractivity contribution in [3.05, 3.63) is 16.2 Å². The highest BCUT2D eigenvalue weighted by Crippen LogP contribution is 2.35. The van der Waals surface area contributed by atoms with Crippen LogP contribution in [0, 0.1) is 11.3 Å². The molecule has 0 aliphatic heterocycles. The number of hydrogen-bond acceptors (Lipinski definition) is 4. The lowest BCUT2D eigenvalue weighted by molar-refractivity contribution is -0.275. The van der Waals surface area contributed by atoms with Crippen LogP contribution in [0.15, 0.2) is 10.7 Å². The van der Waals surface area contributed by atoms with E-state index < -0.39 is 18.0 Å². The van der Waals surface area contributed by atoms with Crippen molar-refractivity contribution in [2.45, 2.75) is 6.36 Å². The number of aromatic nitrogens is 1. The first kappa shape index (κ1) is 12.6. The third-order valence-corrected chi connectivity index (χ3v) is 1.85.